The number of likely N-dealkylation sites (N-methyl/N-ethyl adjacent to an activating group) is 1. The summed E-state index contributed by atoms with van der Waals surface area (Å²) in [5, 5.41) is 11.5. The standard InChI is InChI=1S/C27H28N2O6/c1-4-28-20-10-6-5-9-19(20)27(26(28)33)22(23(30)17-11-12-21(34-3)16(2)14-17)24(31)25(32)29(27)15-18-8-7-13-35-18/h5-6,9-12,14,18,30H,4,7-8,13,15H2,1-3H3. The van der Waals surface area contributed by atoms with Crippen molar-refractivity contribution >= 4 is 29.0 Å². The molecule has 0 radical (unpaired) electrons. The molecule has 2 atom stereocenters. The number of fused-ring (bicyclic) bond motifs is 2. The average molecular weight is 477 g/mol. The van der Waals surface area contributed by atoms with Crippen LogP contribution >= 0.6 is 0 Å². The zero-order valence-corrected chi connectivity index (χ0v) is 20.0. The van der Waals surface area contributed by atoms with Gasteiger partial charge in [0.05, 0.1) is 24.5 Å². The fraction of sp³-hybridized carbons (Fsp3) is 0.370. The number of para-hydroxylation sites is 1. The van der Waals surface area contributed by atoms with Crippen LogP contribution in [0.15, 0.2) is 48.0 Å². The Labute approximate surface area is 203 Å². The van der Waals surface area contributed by atoms with E-state index in [1.165, 1.54) is 4.90 Å². The van der Waals surface area contributed by atoms with E-state index in [-0.39, 0.29) is 24.0 Å². The number of rotatable bonds is 5. The minimum atomic E-state index is -1.76. The molecular weight excluding hydrogens is 448 g/mol. The first-order valence-electron chi connectivity index (χ1n) is 11.8. The number of anilines is 1. The van der Waals surface area contributed by atoms with Crippen LogP contribution < -0.4 is 9.64 Å². The molecule has 1 spiro atoms. The van der Waals surface area contributed by atoms with Crippen molar-refractivity contribution in [2.24, 2.45) is 0 Å². The van der Waals surface area contributed by atoms with E-state index < -0.39 is 23.1 Å². The Bertz CT molecular complexity index is 1260. The lowest BCUT2D eigenvalue weighted by molar-refractivity contribution is -0.145. The molecule has 2 unspecified atom stereocenters. The van der Waals surface area contributed by atoms with E-state index in [0.29, 0.717) is 35.7 Å². The van der Waals surface area contributed by atoms with Crippen LogP contribution in [0.1, 0.15) is 36.5 Å². The highest BCUT2D eigenvalue weighted by atomic mass is 16.5. The van der Waals surface area contributed by atoms with E-state index in [1.807, 2.05) is 19.9 Å². The Balaban J connectivity index is 1.79. The molecule has 2 saturated heterocycles. The molecule has 3 heterocycles. The number of aliphatic hydroxyl groups excluding tert-OH is 1. The number of hydrogen-bond acceptors (Lipinski definition) is 6. The van der Waals surface area contributed by atoms with Crippen LogP contribution in [0.3, 0.4) is 0 Å². The van der Waals surface area contributed by atoms with Gasteiger partial charge < -0.3 is 24.4 Å². The molecule has 2 amide bonds. The summed E-state index contributed by atoms with van der Waals surface area (Å²) in [6, 6.07) is 12.1. The summed E-state index contributed by atoms with van der Waals surface area (Å²) in [6.07, 6.45) is 1.28. The fourth-order valence-electron chi connectivity index (χ4n) is 5.59. The van der Waals surface area contributed by atoms with Gasteiger partial charge in [-0.05, 0) is 56.5 Å². The molecule has 8 nitrogen and oxygen atoms in total. The average Bonchev–Trinajstić information content (AvgIpc) is 3.52. The van der Waals surface area contributed by atoms with E-state index in [1.54, 1.807) is 48.4 Å². The molecule has 0 bridgehead atoms. The molecule has 182 valence electrons. The molecule has 0 saturated carbocycles. The van der Waals surface area contributed by atoms with Crippen LogP contribution in [0, 0.1) is 6.92 Å². The van der Waals surface area contributed by atoms with Gasteiger partial charge in [0.25, 0.3) is 17.6 Å². The number of Topliss-reactive ketones (excluding diaryl/α,β-unsaturated/α-hetero) is 1. The highest BCUT2D eigenvalue weighted by Crippen LogP contribution is 2.53. The number of hydrogen-bond donors (Lipinski definition) is 1. The third-order valence-electron chi connectivity index (χ3n) is 7.20. The molecule has 2 aromatic carbocycles. The van der Waals surface area contributed by atoms with Crippen molar-refractivity contribution in [3.05, 3.63) is 64.7 Å². The van der Waals surface area contributed by atoms with Crippen LogP contribution in [0.2, 0.25) is 0 Å². The molecule has 5 rings (SSSR count). The van der Waals surface area contributed by atoms with E-state index >= 15 is 0 Å². The molecule has 2 aromatic rings. The van der Waals surface area contributed by atoms with Gasteiger partial charge in [-0.2, -0.15) is 0 Å². The number of amides is 2. The molecule has 3 aliphatic heterocycles. The molecule has 35 heavy (non-hydrogen) atoms. The van der Waals surface area contributed by atoms with Gasteiger partial charge >= 0.3 is 0 Å². The Kier molecular flexibility index (Phi) is 5.63. The fourth-order valence-corrected chi connectivity index (χ4v) is 5.59. The van der Waals surface area contributed by atoms with Crippen molar-refractivity contribution in [1.82, 2.24) is 4.90 Å². The Morgan fingerprint density at radius 2 is 1.97 bits per heavy atom. The minimum Gasteiger partial charge on any atom is -0.507 e. The quantitative estimate of drug-likeness (QED) is 0.405. The van der Waals surface area contributed by atoms with Gasteiger partial charge in [0, 0.05) is 30.8 Å². The largest absolute Gasteiger partial charge is 0.507 e. The summed E-state index contributed by atoms with van der Waals surface area (Å²) < 4.78 is 11.1. The maximum atomic E-state index is 14.2. The van der Waals surface area contributed by atoms with E-state index in [0.717, 1.165) is 18.4 Å². The van der Waals surface area contributed by atoms with Gasteiger partial charge in [-0.25, -0.2) is 0 Å². The Morgan fingerprint density at radius 3 is 2.63 bits per heavy atom. The molecule has 2 fully saturated rings. The molecule has 0 aromatic heterocycles. The minimum absolute atomic E-state index is 0.0840. The van der Waals surface area contributed by atoms with Crippen LogP contribution in [0.4, 0.5) is 5.69 Å². The molecule has 1 N–H and O–H groups in total. The van der Waals surface area contributed by atoms with Crippen LogP contribution in [-0.2, 0) is 24.7 Å². The number of carbonyl (C=O) groups excluding carboxylic acids is 3. The van der Waals surface area contributed by atoms with Gasteiger partial charge in [0.1, 0.15) is 11.5 Å². The number of carbonyl (C=O) groups is 3. The second-order valence-corrected chi connectivity index (χ2v) is 9.06. The number of aliphatic hydroxyl groups is 1. The summed E-state index contributed by atoms with van der Waals surface area (Å²) in [6.45, 7) is 4.66. The Morgan fingerprint density at radius 1 is 1.20 bits per heavy atom. The summed E-state index contributed by atoms with van der Waals surface area (Å²) >= 11 is 0. The molecular formula is C27H28N2O6. The number of likely N-dealkylation sites (tertiary alicyclic amines) is 1. The third-order valence-corrected chi connectivity index (χ3v) is 7.20. The van der Waals surface area contributed by atoms with E-state index in [4.69, 9.17) is 9.47 Å². The normalized spacial score (nSPS) is 25.1. The maximum Gasteiger partial charge on any atom is 0.296 e. The second-order valence-electron chi connectivity index (χ2n) is 9.06. The van der Waals surface area contributed by atoms with Gasteiger partial charge in [-0.15, -0.1) is 0 Å². The lowest BCUT2D eigenvalue weighted by Crippen LogP contribution is -2.53. The van der Waals surface area contributed by atoms with Crippen molar-refractivity contribution in [2.45, 2.75) is 38.3 Å². The van der Waals surface area contributed by atoms with Crippen molar-refractivity contribution in [1.29, 1.82) is 0 Å². The van der Waals surface area contributed by atoms with Crippen LogP contribution in [0.25, 0.3) is 5.76 Å². The van der Waals surface area contributed by atoms with Gasteiger partial charge in [-0.1, -0.05) is 18.2 Å². The Hall–Kier alpha value is -3.65. The molecule has 8 heteroatoms. The number of nitrogens with zero attached hydrogens (tertiary/aromatic N) is 2. The first kappa shape index (κ1) is 23.1. The zero-order chi connectivity index (χ0) is 24.9. The topological polar surface area (TPSA) is 96.4 Å². The van der Waals surface area contributed by atoms with Crippen LogP contribution in [0.5, 0.6) is 5.75 Å². The number of benzene rings is 2. The first-order chi connectivity index (χ1) is 16.9. The lowest BCUT2D eigenvalue weighted by atomic mass is 9.81. The van der Waals surface area contributed by atoms with Gasteiger partial charge in [-0.3, -0.25) is 14.4 Å². The van der Waals surface area contributed by atoms with E-state index in [9.17, 15) is 19.5 Å². The summed E-state index contributed by atoms with van der Waals surface area (Å²) in [7, 11) is 1.55. The number of methoxy groups -OCH3 is 1. The monoisotopic (exact) mass is 476 g/mol. The second kappa shape index (κ2) is 8.53. The van der Waals surface area contributed by atoms with Crippen molar-refractivity contribution in [2.75, 3.05) is 31.7 Å². The predicted molar refractivity (Wildman–Crippen MR) is 129 cm³/mol. The summed E-state index contributed by atoms with van der Waals surface area (Å²) in [5.41, 5.74) is 0.237. The smallest absolute Gasteiger partial charge is 0.296 e. The highest BCUT2D eigenvalue weighted by Gasteiger charge is 2.67. The lowest BCUT2D eigenvalue weighted by Gasteiger charge is -2.35. The zero-order valence-electron chi connectivity index (χ0n) is 20.0. The maximum absolute atomic E-state index is 14.2. The van der Waals surface area contributed by atoms with Crippen molar-refractivity contribution < 1.29 is 29.0 Å². The van der Waals surface area contributed by atoms with E-state index in [2.05, 4.69) is 0 Å². The summed E-state index contributed by atoms with van der Waals surface area (Å²) in [5.74, 6) is -1.88. The SMILES string of the molecule is CCN1C(=O)C2(C(=C(O)c3ccc(OC)c(C)c3)C(=O)C(=O)N2CC2CCCO2)c2ccccc21. The predicted octanol–water partition coefficient (Wildman–Crippen LogP) is 3.13. The number of aryl methyl sites for hydroxylation is 1. The van der Waals surface area contributed by atoms with Crippen LogP contribution in [-0.4, -0.2) is 60.5 Å². The molecule has 0 aliphatic carbocycles. The summed E-state index contributed by atoms with van der Waals surface area (Å²) in [4.78, 5) is 44.2. The number of ketones is 1. The van der Waals surface area contributed by atoms with Crippen molar-refractivity contribution in [3.8, 4) is 5.75 Å². The van der Waals surface area contributed by atoms with Gasteiger partial charge in [0.2, 0.25) is 0 Å². The third kappa shape index (κ3) is 3.20. The highest BCUT2D eigenvalue weighted by molar-refractivity contribution is 6.50. The first-order valence-corrected chi connectivity index (χ1v) is 11.8. The number of ether oxygens (including phenoxy) is 2. The molecule has 3 aliphatic rings. The van der Waals surface area contributed by atoms with Crippen molar-refractivity contribution in [3.63, 3.8) is 0 Å². The van der Waals surface area contributed by atoms with Gasteiger partial charge in [0.15, 0.2) is 5.54 Å².